The Kier molecular flexibility index (Phi) is 16.8. The summed E-state index contributed by atoms with van der Waals surface area (Å²) in [7, 11) is 0. The number of likely N-dealkylation sites (tertiary alicyclic amines) is 1. The molecule has 0 bridgehead atoms. The van der Waals surface area contributed by atoms with Crippen LogP contribution in [0.15, 0.2) is 60.9 Å². The van der Waals surface area contributed by atoms with Gasteiger partial charge in [-0.2, -0.15) is 0 Å². The number of amides is 5. The van der Waals surface area contributed by atoms with Crippen LogP contribution in [0, 0.1) is 0 Å². The summed E-state index contributed by atoms with van der Waals surface area (Å²) in [5, 5.41) is 32.7. The number of carbonyl (C=O) groups excluding carboxylic acids is 5. The molecule has 1 aliphatic rings. The predicted octanol–water partition coefficient (Wildman–Crippen LogP) is 0.415. The van der Waals surface area contributed by atoms with Crippen LogP contribution in [-0.2, 0) is 41.6 Å². The van der Waals surface area contributed by atoms with Gasteiger partial charge >= 0.3 is 5.97 Å². The van der Waals surface area contributed by atoms with Crippen molar-refractivity contribution in [2.45, 2.75) is 113 Å². The van der Waals surface area contributed by atoms with Crippen LogP contribution >= 0.6 is 0 Å². The molecule has 0 radical (unpaired) electrons. The number of unbranched alkanes of at least 4 members (excludes halogenated alkanes) is 2. The summed E-state index contributed by atoms with van der Waals surface area (Å²) in [4.78, 5) is 89.7. The number of nitrogens with two attached hydrogens (primary N) is 3. The van der Waals surface area contributed by atoms with Crippen molar-refractivity contribution in [2.24, 2.45) is 17.2 Å². The fourth-order valence-corrected chi connectivity index (χ4v) is 7.76. The standard InChI is InChI=1S/C43H60N10O8/c1-25(54)37(46)41(58)50-33(16-7-9-19-45)42(59)53-20-10-17-36(53)40(57)51-34(21-26-23-47-30-13-4-2-11-28(26)30)39(56)49-32(15-6-8-18-44)38(55)52-35(43(60)61)22-27-24-48-31-14-5-3-12-29(27)31/h2-5,11-14,23-25,32-37,47-48,54H,6-10,15-22,44-46H2,1H3,(H,49,56)(H,50,58)(H,51,57)(H,52,55)(H,60,61)/t25-,32+,33+,34+,35+,36+,37+/m1/s1. The van der Waals surface area contributed by atoms with Crippen LogP contribution in [-0.4, -0.2) is 123 Å². The van der Waals surface area contributed by atoms with E-state index in [1.807, 2.05) is 48.5 Å². The molecule has 1 saturated heterocycles. The van der Waals surface area contributed by atoms with Gasteiger partial charge in [0.15, 0.2) is 0 Å². The molecule has 14 N–H and O–H groups in total. The van der Waals surface area contributed by atoms with E-state index in [9.17, 15) is 39.0 Å². The summed E-state index contributed by atoms with van der Waals surface area (Å²) in [5.74, 6) is -4.47. The predicted molar refractivity (Wildman–Crippen MR) is 230 cm³/mol. The SMILES string of the molecule is C[C@@H](O)[C@H](N)C(=O)N[C@@H](CCCCN)C(=O)N1CCC[C@H]1C(=O)N[C@@H](Cc1c[nH]c2ccccc12)C(=O)N[C@@H](CCCCN)C(=O)N[C@@H](Cc1c[nH]c2ccccc12)C(=O)O. The van der Waals surface area contributed by atoms with Crippen molar-refractivity contribution in [1.29, 1.82) is 0 Å². The highest BCUT2D eigenvalue weighted by atomic mass is 16.4. The Morgan fingerprint density at radius 2 is 1.23 bits per heavy atom. The largest absolute Gasteiger partial charge is 0.480 e. The highest BCUT2D eigenvalue weighted by Gasteiger charge is 2.40. The Morgan fingerprint density at radius 3 is 1.79 bits per heavy atom. The Balaban J connectivity index is 1.37. The van der Waals surface area contributed by atoms with Gasteiger partial charge in [-0.1, -0.05) is 36.4 Å². The third-order valence-electron chi connectivity index (χ3n) is 11.2. The number of carbonyl (C=O) groups is 6. The first-order valence-corrected chi connectivity index (χ1v) is 21.0. The van der Waals surface area contributed by atoms with Gasteiger partial charge in [-0.3, -0.25) is 24.0 Å². The van der Waals surface area contributed by atoms with E-state index in [1.54, 1.807) is 12.4 Å². The van der Waals surface area contributed by atoms with E-state index in [1.165, 1.54) is 11.8 Å². The maximum Gasteiger partial charge on any atom is 0.326 e. The zero-order valence-electron chi connectivity index (χ0n) is 34.5. The highest BCUT2D eigenvalue weighted by Crippen LogP contribution is 2.23. The second-order valence-electron chi connectivity index (χ2n) is 15.7. The number of hydrogen-bond acceptors (Lipinski definition) is 10. The van der Waals surface area contributed by atoms with Crippen molar-refractivity contribution in [3.63, 3.8) is 0 Å². The van der Waals surface area contributed by atoms with Crippen molar-refractivity contribution in [2.75, 3.05) is 19.6 Å². The summed E-state index contributed by atoms with van der Waals surface area (Å²) >= 11 is 0. The van der Waals surface area contributed by atoms with E-state index in [4.69, 9.17) is 17.2 Å². The zero-order chi connectivity index (χ0) is 44.1. The molecule has 5 amide bonds. The molecule has 0 saturated carbocycles. The first-order chi connectivity index (χ1) is 29.3. The van der Waals surface area contributed by atoms with Gasteiger partial charge in [0.25, 0.3) is 0 Å². The van der Waals surface area contributed by atoms with E-state index in [-0.39, 0.29) is 38.6 Å². The van der Waals surface area contributed by atoms with Crippen molar-refractivity contribution < 1.29 is 39.0 Å². The molecule has 3 heterocycles. The van der Waals surface area contributed by atoms with Gasteiger partial charge in [0, 0.05) is 53.6 Å². The normalized spacial score (nSPS) is 16.9. The van der Waals surface area contributed by atoms with Crippen molar-refractivity contribution >= 4 is 57.3 Å². The molecular formula is C43H60N10O8. The lowest BCUT2D eigenvalue weighted by molar-refractivity contribution is -0.143. The first-order valence-electron chi connectivity index (χ1n) is 21.0. The van der Waals surface area contributed by atoms with Gasteiger partial charge in [-0.15, -0.1) is 0 Å². The number of nitrogens with one attached hydrogen (secondary N) is 6. The van der Waals surface area contributed by atoms with Gasteiger partial charge in [-0.25, -0.2) is 4.79 Å². The molecule has 5 rings (SSSR count). The first kappa shape index (κ1) is 46.2. The number of H-pyrrole nitrogens is 2. The number of aliphatic carboxylic acids is 1. The number of carboxylic acids is 1. The zero-order valence-corrected chi connectivity index (χ0v) is 34.5. The number of fused-ring (bicyclic) bond motifs is 2. The minimum absolute atomic E-state index is 0.00666. The monoisotopic (exact) mass is 844 g/mol. The number of aliphatic hydroxyl groups excluding tert-OH is 1. The number of aromatic nitrogens is 2. The van der Waals surface area contributed by atoms with E-state index in [2.05, 4.69) is 31.2 Å². The number of hydrogen-bond donors (Lipinski definition) is 11. The Bertz CT molecular complexity index is 2140. The van der Waals surface area contributed by atoms with Crippen molar-refractivity contribution in [3.05, 3.63) is 72.1 Å². The summed E-state index contributed by atoms with van der Waals surface area (Å²) in [6.07, 6.45) is 5.47. The maximum absolute atomic E-state index is 14.4. The van der Waals surface area contributed by atoms with Gasteiger partial charge in [0.1, 0.15) is 36.3 Å². The van der Waals surface area contributed by atoms with Crippen LogP contribution in [0.5, 0.6) is 0 Å². The summed E-state index contributed by atoms with van der Waals surface area (Å²) in [6.45, 7) is 2.29. The highest BCUT2D eigenvalue weighted by molar-refractivity contribution is 5.97. The van der Waals surface area contributed by atoms with E-state index in [0.29, 0.717) is 56.3 Å². The molecule has 18 nitrogen and oxygen atoms in total. The van der Waals surface area contributed by atoms with E-state index >= 15 is 0 Å². The molecule has 18 heteroatoms. The molecule has 61 heavy (non-hydrogen) atoms. The van der Waals surface area contributed by atoms with Crippen LogP contribution in [0.25, 0.3) is 21.8 Å². The van der Waals surface area contributed by atoms with Crippen molar-refractivity contribution in [1.82, 2.24) is 36.1 Å². The van der Waals surface area contributed by atoms with E-state index in [0.717, 1.165) is 21.8 Å². The molecule has 330 valence electrons. The van der Waals surface area contributed by atoms with Gasteiger partial charge in [-0.05, 0) is 94.6 Å². The molecular weight excluding hydrogens is 785 g/mol. The number of benzene rings is 2. The molecule has 0 aliphatic carbocycles. The van der Waals surface area contributed by atoms with Gasteiger partial charge in [0.05, 0.1) is 6.10 Å². The second kappa shape index (κ2) is 22.1. The number of aromatic amines is 2. The summed E-state index contributed by atoms with van der Waals surface area (Å²) < 4.78 is 0. The molecule has 2 aromatic carbocycles. The third-order valence-corrected chi connectivity index (χ3v) is 11.2. The number of nitrogens with zero attached hydrogens (tertiary/aromatic N) is 1. The van der Waals surface area contributed by atoms with Gasteiger partial charge in [0.2, 0.25) is 29.5 Å². The van der Waals surface area contributed by atoms with Crippen molar-refractivity contribution in [3.8, 4) is 0 Å². The number of rotatable bonds is 23. The lowest BCUT2D eigenvalue weighted by Gasteiger charge is -2.31. The molecule has 2 aromatic heterocycles. The second-order valence-corrected chi connectivity index (χ2v) is 15.7. The quantitative estimate of drug-likeness (QED) is 0.0455. The van der Waals surface area contributed by atoms with Crippen LogP contribution < -0.4 is 38.5 Å². The van der Waals surface area contributed by atoms with E-state index < -0.39 is 77.9 Å². The summed E-state index contributed by atoms with van der Waals surface area (Å²) in [6, 6.07) is 7.82. The minimum Gasteiger partial charge on any atom is -0.480 e. The third kappa shape index (κ3) is 12.2. The smallest absolute Gasteiger partial charge is 0.326 e. The number of carboxylic acid groups (broad SMARTS) is 1. The Morgan fingerprint density at radius 1 is 0.721 bits per heavy atom. The molecule has 7 atom stereocenters. The Hall–Kier alpha value is -5.82. The molecule has 4 aromatic rings. The lowest BCUT2D eigenvalue weighted by atomic mass is 10.0. The van der Waals surface area contributed by atoms with Gasteiger partial charge < -0.3 is 63.5 Å². The molecule has 0 spiro atoms. The lowest BCUT2D eigenvalue weighted by Crippen LogP contribution is -2.59. The average Bonchev–Trinajstić information content (AvgIpc) is 4.01. The maximum atomic E-state index is 14.4. The fourth-order valence-electron chi connectivity index (χ4n) is 7.76. The molecule has 1 fully saturated rings. The van der Waals surface area contributed by atoms with Crippen LogP contribution in [0.4, 0.5) is 0 Å². The van der Waals surface area contributed by atoms with Crippen LogP contribution in [0.2, 0.25) is 0 Å². The molecule has 1 aliphatic heterocycles. The molecule has 0 unspecified atom stereocenters. The average molecular weight is 845 g/mol. The van der Waals surface area contributed by atoms with Crippen LogP contribution in [0.3, 0.4) is 0 Å². The number of para-hydroxylation sites is 2. The Labute approximate surface area is 354 Å². The topological polar surface area (TPSA) is 304 Å². The van der Waals surface area contributed by atoms with Crippen LogP contribution in [0.1, 0.15) is 69.4 Å². The number of aliphatic hydroxyl groups is 1. The summed E-state index contributed by atoms with van der Waals surface area (Å²) in [5.41, 5.74) is 20.3. The fraction of sp³-hybridized carbons (Fsp3) is 0.488. The minimum atomic E-state index is -1.32.